The Hall–Kier alpha value is -3.15. The highest BCUT2D eigenvalue weighted by Gasteiger charge is 2.15. The molecule has 0 unspecified atom stereocenters. The Labute approximate surface area is 166 Å². The van der Waals surface area contributed by atoms with Crippen LogP contribution in [0.25, 0.3) is 6.08 Å². The van der Waals surface area contributed by atoms with Gasteiger partial charge in [-0.05, 0) is 61.4 Å². The van der Waals surface area contributed by atoms with Crippen molar-refractivity contribution < 1.29 is 23.7 Å². The lowest BCUT2D eigenvalue weighted by atomic mass is 10.0. The number of carbonyl (C=O) groups is 1. The van der Waals surface area contributed by atoms with Crippen LogP contribution in [0.5, 0.6) is 23.0 Å². The lowest BCUT2D eigenvalue weighted by molar-refractivity contribution is -0.117. The summed E-state index contributed by atoms with van der Waals surface area (Å²) in [6, 6.07) is 8.99. The van der Waals surface area contributed by atoms with Crippen molar-refractivity contribution in [3.05, 3.63) is 53.1 Å². The van der Waals surface area contributed by atoms with Gasteiger partial charge in [0, 0.05) is 11.6 Å². The van der Waals surface area contributed by atoms with Gasteiger partial charge < -0.3 is 24.3 Å². The summed E-state index contributed by atoms with van der Waals surface area (Å²) in [4.78, 5) is 12.4. The minimum absolute atomic E-state index is 0.204. The fourth-order valence-electron chi connectivity index (χ4n) is 2.94. The van der Waals surface area contributed by atoms with Crippen LogP contribution in [0.3, 0.4) is 0 Å². The highest BCUT2D eigenvalue weighted by atomic mass is 16.5. The van der Waals surface area contributed by atoms with E-state index in [1.54, 1.807) is 46.6 Å². The number of carbonyl (C=O) groups excluding carboxylic acids is 1. The molecule has 0 aliphatic carbocycles. The average molecular weight is 385 g/mol. The van der Waals surface area contributed by atoms with Crippen LogP contribution in [0.2, 0.25) is 0 Å². The summed E-state index contributed by atoms with van der Waals surface area (Å²) >= 11 is 0. The molecule has 0 radical (unpaired) electrons. The van der Waals surface area contributed by atoms with Crippen molar-refractivity contribution in [2.45, 2.75) is 19.9 Å². The van der Waals surface area contributed by atoms with Crippen LogP contribution in [-0.4, -0.2) is 34.3 Å². The van der Waals surface area contributed by atoms with Crippen LogP contribution in [0.4, 0.5) is 0 Å². The van der Waals surface area contributed by atoms with Gasteiger partial charge in [0.25, 0.3) is 0 Å². The van der Waals surface area contributed by atoms with Gasteiger partial charge in [-0.25, -0.2) is 0 Å². The zero-order chi connectivity index (χ0) is 20.7. The first-order valence-electron chi connectivity index (χ1n) is 8.86. The average Bonchev–Trinajstić information content (AvgIpc) is 2.71. The third kappa shape index (κ3) is 4.97. The molecule has 0 aromatic heterocycles. The zero-order valence-corrected chi connectivity index (χ0v) is 17.2. The normalized spacial score (nSPS) is 11.8. The fourth-order valence-corrected chi connectivity index (χ4v) is 2.94. The Kier molecular flexibility index (Phi) is 7.32. The number of rotatable bonds is 8. The highest BCUT2D eigenvalue weighted by molar-refractivity contribution is 5.92. The highest BCUT2D eigenvalue weighted by Crippen LogP contribution is 2.33. The summed E-state index contributed by atoms with van der Waals surface area (Å²) in [7, 11) is 6.36. The lowest BCUT2D eigenvalue weighted by Crippen LogP contribution is -2.25. The standard InChI is InChI=1S/C22H27NO5/c1-14-11-20(27-5)21(28-6)13-18(14)15(2)23-22(24)10-7-16-12-17(25-3)8-9-19(16)26-4/h7-13,15H,1-6H3,(H,23,24)/b10-7+/t15-/m1/s1. The maximum Gasteiger partial charge on any atom is 0.244 e. The topological polar surface area (TPSA) is 66.0 Å². The molecular formula is C22H27NO5. The summed E-state index contributed by atoms with van der Waals surface area (Å²) < 4.78 is 21.2. The van der Waals surface area contributed by atoms with Gasteiger partial charge >= 0.3 is 0 Å². The third-order valence-electron chi connectivity index (χ3n) is 4.45. The first-order valence-corrected chi connectivity index (χ1v) is 8.86. The molecule has 1 amide bonds. The van der Waals surface area contributed by atoms with Crippen molar-refractivity contribution >= 4 is 12.0 Å². The molecule has 0 fully saturated rings. The number of hydrogen-bond donors (Lipinski definition) is 1. The molecule has 0 heterocycles. The van der Waals surface area contributed by atoms with Gasteiger partial charge in [0.15, 0.2) is 11.5 Å². The Morgan fingerprint density at radius 3 is 2.18 bits per heavy atom. The molecule has 150 valence electrons. The van der Waals surface area contributed by atoms with E-state index in [4.69, 9.17) is 18.9 Å². The monoisotopic (exact) mass is 385 g/mol. The minimum Gasteiger partial charge on any atom is -0.497 e. The van der Waals surface area contributed by atoms with E-state index in [-0.39, 0.29) is 11.9 Å². The second-order valence-electron chi connectivity index (χ2n) is 6.24. The molecule has 0 aliphatic heterocycles. The summed E-state index contributed by atoms with van der Waals surface area (Å²) in [5.41, 5.74) is 2.72. The quantitative estimate of drug-likeness (QED) is 0.698. The van der Waals surface area contributed by atoms with Crippen molar-refractivity contribution in [3.63, 3.8) is 0 Å². The van der Waals surface area contributed by atoms with Crippen molar-refractivity contribution in [3.8, 4) is 23.0 Å². The fraction of sp³-hybridized carbons (Fsp3) is 0.318. The molecule has 1 N–H and O–H groups in total. The Morgan fingerprint density at radius 2 is 1.57 bits per heavy atom. The third-order valence-corrected chi connectivity index (χ3v) is 4.45. The van der Waals surface area contributed by atoms with E-state index in [9.17, 15) is 4.79 Å². The Bertz CT molecular complexity index is 860. The molecule has 2 aromatic rings. The van der Waals surface area contributed by atoms with E-state index in [2.05, 4.69) is 5.32 Å². The zero-order valence-electron chi connectivity index (χ0n) is 17.2. The molecule has 2 rings (SSSR count). The first-order chi connectivity index (χ1) is 13.4. The van der Waals surface area contributed by atoms with Crippen LogP contribution in [0, 0.1) is 6.92 Å². The second-order valence-corrected chi connectivity index (χ2v) is 6.24. The first kappa shape index (κ1) is 21.2. The van der Waals surface area contributed by atoms with Gasteiger partial charge in [0.2, 0.25) is 5.91 Å². The van der Waals surface area contributed by atoms with E-state index >= 15 is 0 Å². The van der Waals surface area contributed by atoms with E-state index in [0.29, 0.717) is 23.0 Å². The van der Waals surface area contributed by atoms with Crippen LogP contribution < -0.4 is 24.3 Å². The van der Waals surface area contributed by atoms with Gasteiger partial charge in [0.1, 0.15) is 11.5 Å². The summed E-state index contributed by atoms with van der Waals surface area (Å²) in [5.74, 6) is 2.42. The number of ether oxygens (including phenoxy) is 4. The van der Waals surface area contributed by atoms with Gasteiger partial charge in [-0.15, -0.1) is 0 Å². The van der Waals surface area contributed by atoms with Gasteiger partial charge in [-0.2, -0.15) is 0 Å². The molecule has 1 atom stereocenters. The summed E-state index contributed by atoms with van der Waals surface area (Å²) in [6.07, 6.45) is 3.18. The molecule has 0 saturated heterocycles. The van der Waals surface area contributed by atoms with E-state index in [1.165, 1.54) is 6.08 Å². The van der Waals surface area contributed by atoms with Crippen molar-refractivity contribution in [2.24, 2.45) is 0 Å². The van der Waals surface area contributed by atoms with Crippen LogP contribution in [-0.2, 0) is 4.79 Å². The van der Waals surface area contributed by atoms with Crippen molar-refractivity contribution in [1.82, 2.24) is 5.32 Å². The molecule has 0 saturated carbocycles. The minimum atomic E-state index is -0.216. The predicted molar refractivity (Wildman–Crippen MR) is 109 cm³/mol. The maximum absolute atomic E-state index is 12.4. The van der Waals surface area contributed by atoms with Crippen LogP contribution in [0.1, 0.15) is 29.7 Å². The second kappa shape index (κ2) is 9.69. The maximum atomic E-state index is 12.4. The number of aryl methyl sites for hydroxylation is 1. The summed E-state index contributed by atoms with van der Waals surface area (Å²) in [5, 5.41) is 2.97. The molecule has 28 heavy (non-hydrogen) atoms. The van der Waals surface area contributed by atoms with E-state index in [1.807, 2.05) is 32.0 Å². The van der Waals surface area contributed by atoms with Gasteiger partial charge in [-0.3, -0.25) is 4.79 Å². The molecule has 0 bridgehead atoms. The number of nitrogens with one attached hydrogen (secondary N) is 1. The number of amides is 1. The van der Waals surface area contributed by atoms with E-state index in [0.717, 1.165) is 16.7 Å². The smallest absolute Gasteiger partial charge is 0.244 e. The molecule has 6 nitrogen and oxygen atoms in total. The predicted octanol–water partition coefficient (Wildman–Crippen LogP) is 3.92. The summed E-state index contributed by atoms with van der Waals surface area (Å²) in [6.45, 7) is 3.89. The van der Waals surface area contributed by atoms with Crippen LogP contribution in [0.15, 0.2) is 36.4 Å². The SMILES string of the molecule is COc1ccc(OC)c(/C=C/C(=O)N[C@H](C)c2cc(OC)c(OC)cc2C)c1. The molecule has 2 aromatic carbocycles. The van der Waals surface area contributed by atoms with Gasteiger partial charge in [0.05, 0.1) is 34.5 Å². The Morgan fingerprint density at radius 1 is 0.929 bits per heavy atom. The molecular weight excluding hydrogens is 358 g/mol. The number of benzene rings is 2. The largest absolute Gasteiger partial charge is 0.497 e. The van der Waals surface area contributed by atoms with Crippen LogP contribution >= 0.6 is 0 Å². The number of methoxy groups -OCH3 is 4. The Balaban J connectivity index is 2.16. The lowest BCUT2D eigenvalue weighted by Gasteiger charge is -2.18. The van der Waals surface area contributed by atoms with Crippen molar-refractivity contribution in [2.75, 3.05) is 28.4 Å². The number of hydrogen-bond acceptors (Lipinski definition) is 5. The molecule has 0 aliphatic rings. The molecule has 6 heteroatoms. The molecule has 0 spiro atoms. The van der Waals surface area contributed by atoms with E-state index < -0.39 is 0 Å². The van der Waals surface area contributed by atoms with Crippen molar-refractivity contribution in [1.29, 1.82) is 0 Å². The van der Waals surface area contributed by atoms with Gasteiger partial charge in [-0.1, -0.05) is 0 Å².